The summed E-state index contributed by atoms with van der Waals surface area (Å²) in [6.45, 7) is 3.68. The van der Waals surface area contributed by atoms with E-state index in [0.29, 0.717) is 6.54 Å². The maximum Gasteiger partial charge on any atom is 0.416 e. The molecule has 1 aromatic rings. The Morgan fingerprint density at radius 1 is 1.40 bits per heavy atom. The van der Waals surface area contributed by atoms with Gasteiger partial charge in [0.2, 0.25) is 5.91 Å². The van der Waals surface area contributed by atoms with Crippen LogP contribution in [0.25, 0.3) is 0 Å². The number of hydrogen-bond donors (Lipinski definition) is 2. The topological polar surface area (TPSA) is 55.1 Å². The Morgan fingerprint density at radius 2 is 2.05 bits per heavy atom. The van der Waals surface area contributed by atoms with Gasteiger partial charge >= 0.3 is 6.18 Å². The molecule has 0 fully saturated rings. The summed E-state index contributed by atoms with van der Waals surface area (Å²) in [4.78, 5) is 11.7. The maximum atomic E-state index is 12.8. The van der Waals surface area contributed by atoms with Crippen LogP contribution in [-0.2, 0) is 11.0 Å². The van der Waals surface area contributed by atoms with Crippen LogP contribution in [0.1, 0.15) is 30.9 Å². The van der Waals surface area contributed by atoms with E-state index >= 15 is 0 Å². The highest BCUT2D eigenvalue weighted by atomic mass is 19.4. The van der Waals surface area contributed by atoms with Gasteiger partial charge in [-0.1, -0.05) is 19.4 Å². The van der Waals surface area contributed by atoms with Gasteiger partial charge in [0.15, 0.2) is 0 Å². The number of carbonyl (C=O) groups is 1. The van der Waals surface area contributed by atoms with Crippen LogP contribution in [0.3, 0.4) is 0 Å². The number of anilines is 1. The van der Waals surface area contributed by atoms with E-state index in [9.17, 15) is 18.0 Å². The average molecular weight is 288 g/mol. The first kappa shape index (κ1) is 16.5. The number of hydrogen-bond acceptors (Lipinski definition) is 2. The second-order valence-corrected chi connectivity index (χ2v) is 4.79. The Kier molecular flexibility index (Phi) is 5.56. The van der Waals surface area contributed by atoms with E-state index in [0.717, 1.165) is 12.5 Å². The maximum absolute atomic E-state index is 12.8. The molecule has 3 N–H and O–H groups in total. The molecule has 0 aliphatic carbocycles. The normalized spacial score (nSPS) is 13.1. The Bertz CT molecular complexity index is 468. The molecule has 0 bridgehead atoms. The number of nitrogens with one attached hydrogen (secondary N) is 1. The highest BCUT2D eigenvalue weighted by Gasteiger charge is 2.32. The van der Waals surface area contributed by atoms with Crippen LogP contribution in [0.15, 0.2) is 18.2 Å². The number of benzene rings is 1. The van der Waals surface area contributed by atoms with Gasteiger partial charge in [-0.25, -0.2) is 0 Å². The summed E-state index contributed by atoms with van der Waals surface area (Å²) < 4.78 is 38.3. The third kappa shape index (κ3) is 4.52. The van der Waals surface area contributed by atoms with Crippen molar-refractivity contribution in [1.29, 1.82) is 0 Å². The lowest BCUT2D eigenvalue weighted by atomic mass is 10.0. The number of nitrogens with two attached hydrogens (primary N) is 1. The van der Waals surface area contributed by atoms with Crippen LogP contribution in [0, 0.1) is 12.8 Å². The van der Waals surface area contributed by atoms with Gasteiger partial charge in [0.25, 0.3) is 0 Å². The fourth-order valence-corrected chi connectivity index (χ4v) is 1.87. The zero-order valence-corrected chi connectivity index (χ0v) is 11.6. The molecular weight excluding hydrogens is 269 g/mol. The average Bonchev–Trinajstić information content (AvgIpc) is 2.37. The van der Waals surface area contributed by atoms with Crippen molar-refractivity contribution >= 4 is 11.6 Å². The molecule has 1 aromatic carbocycles. The molecule has 1 amide bonds. The number of rotatable bonds is 5. The third-order valence-electron chi connectivity index (χ3n) is 3.21. The molecule has 112 valence electrons. The minimum atomic E-state index is -4.42. The predicted octanol–water partition coefficient (Wildman–Crippen LogP) is 3.33. The van der Waals surface area contributed by atoms with Gasteiger partial charge in [0, 0.05) is 12.1 Å². The standard InChI is InChI=1S/C14H19F3N2O/c1-3-10(8-18)6-13(20)19-11-5-4-9(2)12(7-11)14(15,16)17/h4-5,7,10H,3,6,8,18H2,1-2H3,(H,19,20). The zero-order chi connectivity index (χ0) is 15.3. The Balaban J connectivity index is 2.81. The van der Waals surface area contributed by atoms with Crippen molar-refractivity contribution in [2.24, 2.45) is 11.7 Å². The van der Waals surface area contributed by atoms with Crippen LogP contribution in [0.2, 0.25) is 0 Å². The zero-order valence-electron chi connectivity index (χ0n) is 11.6. The minimum absolute atomic E-state index is 0.0440. The van der Waals surface area contributed by atoms with Crippen LogP contribution in [-0.4, -0.2) is 12.5 Å². The molecule has 6 heteroatoms. The van der Waals surface area contributed by atoms with Gasteiger partial charge in [0.1, 0.15) is 0 Å². The SMILES string of the molecule is CCC(CN)CC(=O)Nc1ccc(C)c(C(F)(F)F)c1. The summed E-state index contributed by atoms with van der Waals surface area (Å²) in [7, 11) is 0. The lowest BCUT2D eigenvalue weighted by Crippen LogP contribution is -2.22. The molecule has 0 saturated heterocycles. The monoisotopic (exact) mass is 288 g/mol. The highest BCUT2D eigenvalue weighted by Crippen LogP contribution is 2.33. The van der Waals surface area contributed by atoms with Gasteiger partial charge < -0.3 is 11.1 Å². The molecule has 0 radical (unpaired) electrons. The predicted molar refractivity (Wildman–Crippen MR) is 72.3 cm³/mol. The van der Waals surface area contributed by atoms with Gasteiger partial charge in [-0.2, -0.15) is 13.2 Å². The molecule has 3 nitrogen and oxygen atoms in total. The molecule has 0 aliphatic heterocycles. The molecule has 0 spiro atoms. The van der Waals surface area contributed by atoms with Crippen molar-refractivity contribution in [3.63, 3.8) is 0 Å². The summed E-state index contributed by atoms with van der Waals surface area (Å²) in [5.74, 6) is -0.276. The van der Waals surface area contributed by atoms with Crippen molar-refractivity contribution in [2.75, 3.05) is 11.9 Å². The smallest absolute Gasteiger partial charge is 0.330 e. The number of halogens is 3. The van der Waals surface area contributed by atoms with E-state index in [1.807, 2.05) is 6.92 Å². The van der Waals surface area contributed by atoms with Gasteiger partial charge in [-0.3, -0.25) is 4.79 Å². The fraction of sp³-hybridized carbons (Fsp3) is 0.500. The molecule has 0 aliphatic rings. The first-order valence-corrected chi connectivity index (χ1v) is 6.45. The number of aryl methyl sites for hydroxylation is 1. The summed E-state index contributed by atoms with van der Waals surface area (Å²) >= 11 is 0. The molecule has 0 saturated carbocycles. The summed E-state index contributed by atoms with van der Waals surface area (Å²) in [5, 5.41) is 2.49. The van der Waals surface area contributed by atoms with E-state index in [1.165, 1.54) is 19.1 Å². The van der Waals surface area contributed by atoms with Crippen molar-refractivity contribution in [3.8, 4) is 0 Å². The van der Waals surface area contributed by atoms with Crippen LogP contribution < -0.4 is 11.1 Å². The Morgan fingerprint density at radius 3 is 2.55 bits per heavy atom. The van der Waals surface area contributed by atoms with Gasteiger partial charge in [-0.05, 0) is 37.1 Å². The molecule has 1 unspecified atom stereocenters. The fourth-order valence-electron chi connectivity index (χ4n) is 1.87. The second-order valence-electron chi connectivity index (χ2n) is 4.79. The quantitative estimate of drug-likeness (QED) is 0.873. The van der Waals surface area contributed by atoms with E-state index in [2.05, 4.69) is 5.32 Å². The number of alkyl halides is 3. The molecule has 0 aromatic heterocycles. The molecule has 0 heterocycles. The number of carbonyl (C=O) groups excluding carboxylic acids is 1. The molecule has 1 rings (SSSR count). The van der Waals surface area contributed by atoms with Crippen molar-refractivity contribution in [2.45, 2.75) is 32.9 Å². The Labute approximate surface area is 116 Å². The number of amides is 1. The van der Waals surface area contributed by atoms with E-state index in [4.69, 9.17) is 5.73 Å². The Hall–Kier alpha value is -1.56. The lowest BCUT2D eigenvalue weighted by Gasteiger charge is -2.14. The van der Waals surface area contributed by atoms with Crippen molar-refractivity contribution in [1.82, 2.24) is 0 Å². The van der Waals surface area contributed by atoms with Crippen molar-refractivity contribution in [3.05, 3.63) is 29.3 Å². The van der Waals surface area contributed by atoms with E-state index in [-0.39, 0.29) is 29.5 Å². The van der Waals surface area contributed by atoms with Crippen LogP contribution in [0.5, 0.6) is 0 Å². The first-order valence-electron chi connectivity index (χ1n) is 6.45. The van der Waals surface area contributed by atoms with E-state index < -0.39 is 11.7 Å². The first-order chi connectivity index (χ1) is 9.27. The summed E-state index contributed by atoms with van der Waals surface area (Å²) in [6, 6.07) is 3.77. The van der Waals surface area contributed by atoms with Gasteiger partial charge in [-0.15, -0.1) is 0 Å². The van der Waals surface area contributed by atoms with Crippen LogP contribution in [0.4, 0.5) is 18.9 Å². The summed E-state index contributed by atoms with van der Waals surface area (Å²) in [6.07, 6.45) is -3.46. The van der Waals surface area contributed by atoms with Crippen molar-refractivity contribution < 1.29 is 18.0 Å². The second kappa shape index (κ2) is 6.74. The third-order valence-corrected chi connectivity index (χ3v) is 3.21. The molecule has 1 atom stereocenters. The van der Waals surface area contributed by atoms with Crippen LogP contribution >= 0.6 is 0 Å². The molecule has 20 heavy (non-hydrogen) atoms. The molecular formula is C14H19F3N2O. The minimum Gasteiger partial charge on any atom is -0.330 e. The summed E-state index contributed by atoms with van der Waals surface area (Å²) in [5.41, 5.74) is 5.04. The van der Waals surface area contributed by atoms with E-state index in [1.54, 1.807) is 0 Å². The largest absolute Gasteiger partial charge is 0.416 e. The van der Waals surface area contributed by atoms with Gasteiger partial charge in [0.05, 0.1) is 5.56 Å². The lowest BCUT2D eigenvalue weighted by molar-refractivity contribution is -0.138. The highest BCUT2D eigenvalue weighted by molar-refractivity contribution is 5.91.